The third kappa shape index (κ3) is 4.58. The van der Waals surface area contributed by atoms with Crippen molar-refractivity contribution >= 4 is 32.7 Å². The van der Waals surface area contributed by atoms with Crippen molar-refractivity contribution in [2.45, 2.75) is 114 Å². The number of hydrogen-bond acceptors (Lipinski definition) is 2. The van der Waals surface area contributed by atoms with Crippen LogP contribution < -0.4 is 0 Å². The smallest absolute Gasteiger partial charge is 0.0584 e. The molecule has 34 heavy (non-hydrogen) atoms. The normalized spacial score (nSPS) is 16.9. The quantitative estimate of drug-likeness (QED) is 0.295. The van der Waals surface area contributed by atoms with E-state index in [-0.39, 0.29) is 10.8 Å². The van der Waals surface area contributed by atoms with E-state index in [1.807, 2.05) is 0 Å². The summed E-state index contributed by atoms with van der Waals surface area (Å²) in [6.45, 7) is 21.2. The number of hydrogen-bond donors (Lipinski definition) is 0. The summed E-state index contributed by atoms with van der Waals surface area (Å²) in [5.74, 6) is 2.07. The maximum Gasteiger partial charge on any atom is 0.0584 e. The van der Waals surface area contributed by atoms with Crippen LogP contribution in [0.1, 0.15) is 96.4 Å². The van der Waals surface area contributed by atoms with Gasteiger partial charge in [0.2, 0.25) is 0 Å². The van der Waals surface area contributed by atoms with Crippen LogP contribution in [0.15, 0.2) is 51.1 Å². The van der Waals surface area contributed by atoms with Crippen molar-refractivity contribution < 1.29 is 0 Å². The molecule has 1 aromatic carbocycles. The fourth-order valence-corrected chi connectivity index (χ4v) is 13.2. The first-order valence-corrected chi connectivity index (χ1v) is 16.5. The van der Waals surface area contributed by atoms with Gasteiger partial charge < -0.3 is 0 Å². The fraction of sp³-hybridized carbons (Fsp3) is 0.548. The zero-order valence-electron chi connectivity index (χ0n) is 22.8. The Labute approximate surface area is 218 Å². The Hall–Kier alpha value is -1.03. The molecule has 0 aliphatic carbocycles. The molecule has 1 aliphatic heterocycles. The minimum Gasteiger partial charge on any atom is -0.157 e. The van der Waals surface area contributed by atoms with Crippen LogP contribution >= 0.6 is 32.7 Å². The van der Waals surface area contributed by atoms with E-state index < -0.39 is 10.0 Å². The summed E-state index contributed by atoms with van der Waals surface area (Å²) in [4.78, 5) is 11.2. The number of benzene rings is 1. The molecule has 0 nitrogen and oxygen atoms in total. The van der Waals surface area contributed by atoms with E-state index in [9.17, 15) is 0 Å². The van der Waals surface area contributed by atoms with Gasteiger partial charge in [-0.2, -0.15) is 10.0 Å². The molecule has 0 radical (unpaired) electrons. The number of rotatable bonds is 7. The summed E-state index contributed by atoms with van der Waals surface area (Å²) in [5, 5.41) is 0. The van der Waals surface area contributed by atoms with Crippen molar-refractivity contribution in [2.75, 3.05) is 5.75 Å². The molecule has 2 aromatic heterocycles. The van der Waals surface area contributed by atoms with E-state index in [0.717, 1.165) is 5.92 Å². The lowest BCUT2D eigenvalue weighted by Crippen LogP contribution is -2.15. The lowest BCUT2D eigenvalue weighted by Gasteiger charge is -2.41. The minimum atomic E-state index is -1.28. The maximum atomic E-state index is 2.63. The van der Waals surface area contributed by atoms with Crippen LogP contribution in [-0.2, 0) is 10.8 Å². The van der Waals surface area contributed by atoms with Crippen LogP contribution in [0.2, 0.25) is 0 Å². The molecule has 1 unspecified atom stereocenters. The molecule has 0 saturated carbocycles. The van der Waals surface area contributed by atoms with E-state index >= 15 is 0 Å². The fourth-order valence-electron chi connectivity index (χ4n) is 4.99. The monoisotopic (exact) mass is 512 g/mol. The van der Waals surface area contributed by atoms with Gasteiger partial charge in [0.05, 0.1) is 9.75 Å². The van der Waals surface area contributed by atoms with E-state index in [0.29, 0.717) is 0 Å². The molecule has 4 rings (SSSR count). The van der Waals surface area contributed by atoms with Gasteiger partial charge in [0.25, 0.3) is 0 Å². The molecule has 3 heterocycles. The van der Waals surface area contributed by atoms with Crippen molar-refractivity contribution in [1.82, 2.24) is 0 Å². The van der Waals surface area contributed by atoms with Gasteiger partial charge in [-0.25, -0.2) is 0 Å². The molecule has 1 aliphatic rings. The summed E-state index contributed by atoms with van der Waals surface area (Å²) < 4.78 is 0. The number of thiophene rings is 2. The Morgan fingerprint density at radius 3 is 1.71 bits per heavy atom. The number of fused-ring (bicyclic) bond motifs is 3. The van der Waals surface area contributed by atoms with Gasteiger partial charge in [-0.3, -0.25) is 0 Å². The van der Waals surface area contributed by atoms with Gasteiger partial charge in [-0.1, -0.05) is 92.3 Å². The maximum absolute atomic E-state index is 2.63. The van der Waals surface area contributed by atoms with Crippen molar-refractivity contribution in [3.05, 3.63) is 51.7 Å². The standard InChI is InChI=1S/C31H44S3/c1-10-12-13-22(11-2)20-34(23-16-14-21(3)15-17-23)24-18-26(30(4,5)6)32-28(24)29-25(34)19-27(33-29)31(7,8)9/h14-19,22H,10-13,20H2,1-9H3. The Kier molecular flexibility index (Phi) is 7.24. The van der Waals surface area contributed by atoms with Crippen LogP contribution in [0.25, 0.3) is 9.75 Å². The number of aryl methyl sites for hydroxylation is 1. The van der Waals surface area contributed by atoms with Gasteiger partial charge in [0, 0.05) is 19.5 Å². The Bertz CT molecular complexity index is 1070. The van der Waals surface area contributed by atoms with Crippen molar-refractivity contribution in [3.63, 3.8) is 0 Å². The molecule has 0 N–H and O–H groups in total. The van der Waals surface area contributed by atoms with E-state index in [1.54, 1.807) is 34.2 Å². The summed E-state index contributed by atoms with van der Waals surface area (Å²) in [6.07, 6.45) is 5.26. The van der Waals surface area contributed by atoms with E-state index in [4.69, 9.17) is 0 Å². The van der Waals surface area contributed by atoms with Crippen molar-refractivity contribution in [2.24, 2.45) is 5.92 Å². The predicted octanol–water partition coefficient (Wildman–Crippen LogP) is 11.2. The topological polar surface area (TPSA) is 0 Å². The second kappa shape index (κ2) is 9.45. The summed E-state index contributed by atoms with van der Waals surface area (Å²) in [5.41, 5.74) is 1.73. The Morgan fingerprint density at radius 2 is 1.29 bits per heavy atom. The third-order valence-electron chi connectivity index (χ3n) is 7.28. The van der Waals surface area contributed by atoms with Crippen LogP contribution in [0.3, 0.4) is 0 Å². The molecule has 1 atom stereocenters. The molecule has 3 heteroatoms. The lowest BCUT2D eigenvalue weighted by molar-refractivity contribution is 0.497. The molecule has 0 bridgehead atoms. The first kappa shape index (κ1) is 26.0. The highest BCUT2D eigenvalue weighted by atomic mass is 32.3. The highest BCUT2D eigenvalue weighted by Crippen LogP contribution is 2.79. The molecule has 0 amide bonds. The Morgan fingerprint density at radius 1 is 0.794 bits per heavy atom. The van der Waals surface area contributed by atoms with Gasteiger partial charge >= 0.3 is 0 Å². The lowest BCUT2D eigenvalue weighted by atomic mass is 9.95. The molecule has 0 fully saturated rings. The third-order valence-corrected chi connectivity index (χ3v) is 15.0. The summed E-state index contributed by atoms with van der Waals surface area (Å²) in [6, 6.07) is 14.9. The van der Waals surface area contributed by atoms with Crippen LogP contribution in [-0.4, -0.2) is 5.75 Å². The average Bonchev–Trinajstić information content (AvgIpc) is 3.44. The van der Waals surface area contributed by atoms with Crippen LogP contribution in [0.5, 0.6) is 0 Å². The molecule has 0 saturated heterocycles. The average molecular weight is 513 g/mol. The second-order valence-electron chi connectivity index (χ2n) is 12.2. The first-order chi connectivity index (χ1) is 15.9. The first-order valence-electron chi connectivity index (χ1n) is 13.1. The van der Waals surface area contributed by atoms with Gasteiger partial charge in [0.1, 0.15) is 0 Å². The van der Waals surface area contributed by atoms with E-state index in [2.05, 4.69) is 121 Å². The SMILES string of the molecule is CCCCC(CC)CS1(c2ccc(C)cc2)c2cc(C(C)(C)C)sc2-c2sc(C(C)(C)C)cc21. The molecule has 0 spiro atoms. The van der Waals surface area contributed by atoms with Gasteiger partial charge in [-0.15, -0.1) is 22.7 Å². The van der Waals surface area contributed by atoms with Crippen LogP contribution in [0.4, 0.5) is 0 Å². The van der Waals surface area contributed by atoms with Gasteiger partial charge in [0.15, 0.2) is 0 Å². The Balaban J connectivity index is 2.02. The van der Waals surface area contributed by atoms with Crippen molar-refractivity contribution in [3.8, 4) is 9.75 Å². The minimum absolute atomic E-state index is 0.185. The number of unbranched alkanes of at least 4 members (excludes halogenated alkanes) is 1. The van der Waals surface area contributed by atoms with Gasteiger partial charge in [-0.05, 0) is 65.0 Å². The largest absolute Gasteiger partial charge is 0.157 e. The molecule has 3 aromatic rings. The molecular weight excluding hydrogens is 469 g/mol. The van der Waals surface area contributed by atoms with Crippen LogP contribution in [0, 0.1) is 12.8 Å². The zero-order chi connectivity index (χ0) is 24.9. The predicted molar refractivity (Wildman–Crippen MR) is 157 cm³/mol. The van der Waals surface area contributed by atoms with E-state index in [1.165, 1.54) is 37.0 Å². The zero-order valence-corrected chi connectivity index (χ0v) is 25.3. The highest BCUT2D eigenvalue weighted by Gasteiger charge is 2.45. The molecule has 186 valence electrons. The van der Waals surface area contributed by atoms with Crippen molar-refractivity contribution in [1.29, 1.82) is 0 Å². The molecular formula is C31H44S3. The summed E-state index contributed by atoms with van der Waals surface area (Å²) in [7, 11) is -1.28. The summed E-state index contributed by atoms with van der Waals surface area (Å²) >= 11 is 4.16. The highest BCUT2D eigenvalue weighted by molar-refractivity contribution is 8.34. The second-order valence-corrected chi connectivity index (χ2v) is 17.5.